The van der Waals surface area contributed by atoms with Crippen molar-refractivity contribution < 1.29 is 17.9 Å². The molecule has 0 fully saturated rings. The van der Waals surface area contributed by atoms with Gasteiger partial charge in [0.1, 0.15) is 5.75 Å². The van der Waals surface area contributed by atoms with E-state index in [0.29, 0.717) is 18.5 Å². The average Bonchev–Trinajstić information content (AvgIpc) is 2.66. The van der Waals surface area contributed by atoms with Crippen molar-refractivity contribution in [1.82, 2.24) is 10.0 Å². The molecule has 2 N–H and O–H groups in total. The fourth-order valence-corrected chi connectivity index (χ4v) is 3.40. The predicted molar refractivity (Wildman–Crippen MR) is 101 cm³/mol. The number of ether oxygens (including phenoxy) is 1. The number of carbonyl (C=O) groups is 1. The smallest absolute Gasteiger partial charge is 0.251 e. The molecule has 0 aliphatic rings. The fraction of sp³-hybridized carbons (Fsp3) is 0.211. The molecule has 0 aliphatic heterocycles. The zero-order chi connectivity index (χ0) is 19.0. The lowest BCUT2D eigenvalue weighted by Crippen LogP contribution is -2.26. The Labute approximate surface area is 153 Å². The van der Waals surface area contributed by atoms with Gasteiger partial charge in [-0.05, 0) is 42.3 Å². The van der Waals surface area contributed by atoms with E-state index in [-0.39, 0.29) is 17.3 Å². The van der Waals surface area contributed by atoms with Gasteiger partial charge in [0, 0.05) is 18.7 Å². The van der Waals surface area contributed by atoms with Crippen LogP contribution in [0, 0.1) is 0 Å². The maximum Gasteiger partial charge on any atom is 0.251 e. The summed E-state index contributed by atoms with van der Waals surface area (Å²) in [4.78, 5) is 11.9. The molecule has 0 bridgehead atoms. The van der Waals surface area contributed by atoms with E-state index in [1.807, 2.05) is 24.3 Å². The molecule has 0 spiro atoms. The Balaban J connectivity index is 1.99. The number of benzene rings is 2. The van der Waals surface area contributed by atoms with Crippen LogP contribution in [0.2, 0.25) is 0 Å². The topological polar surface area (TPSA) is 84.5 Å². The molecule has 0 radical (unpaired) electrons. The van der Waals surface area contributed by atoms with E-state index >= 15 is 0 Å². The summed E-state index contributed by atoms with van der Waals surface area (Å²) in [6.07, 6.45) is 2.08. The normalized spacial score (nSPS) is 11.0. The van der Waals surface area contributed by atoms with E-state index in [2.05, 4.69) is 16.6 Å². The Morgan fingerprint density at radius 1 is 1.15 bits per heavy atom. The molecule has 0 saturated heterocycles. The number of sulfonamides is 1. The largest absolute Gasteiger partial charge is 0.496 e. The van der Waals surface area contributed by atoms with Crippen molar-refractivity contribution in [1.29, 1.82) is 0 Å². The van der Waals surface area contributed by atoms with Crippen LogP contribution in [0.4, 0.5) is 0 Å². The maximum absolute atomic E-state index is 12.4. The third kappa shape index (κ3) is 5.18. The van der Waals surface area contributed by atoms with Crippen molar-refractivity contribution in [2.45, 2.75) is 11.3 Å². The van der Waals surface area contributed by atoms with E-state index in [1.54, 1.807) is 13.2 Å². The van der Waals surface area contributed by atoms with Crippen LogP contribution in [-0.2, 0) is 16.4 Å². The van der Waals surface area contributed by atoms with Gasteiger partial charge >= 0.3 is 0 Å². The highest BCUT2D eigenvalue weighted by molar-refractivity contribution is 7.89. The number of methoxy groups -OCH3 is 1. The zero-order valence-electron chi connectivity index (χ0n) is 14.6. The summed E-state index contributed by atoms with van der Waals surface area (Å²) < 4.78 is 32.6. The Kier molecular flexibility index (Phi) is 6.94. The Morgan fingerprint density at radius 2 is 1.85 bits per heavy atom. The molecule has 0 aromatic heterocycles. The maximum atomic E-state index is 12.4. The second kappa shape index (κ2) is 9.17. The molecule has 138 valence electrons. The first-order valence-electron chi connectivity index (χ1n) is 8.08. The highest BCUT2D eigenvalue weighted by atomic mass is 32.2. The van der Waals surface area contributed by atoms with Gasteiger partial charge in [-0.15, -0.1) is 6.58 Å². The van der Waals surface area contributed by atoms with Crippen molar-refractivity contribution in [2.75, 3.05) is 20.2 Å². The van der Waals surface area contributed by atoms with Crippen LogP contribution in [0.5, 0.6) is 5.75 Å². The first kappa shape index (κ1) is 19.7. The van der Waals surface area contributed by atoms with E-state index < -0.39 is 10.0 Å². The predicted octanol–water partition coefficient (Wildman–Crippen LogP) is 2.13. The Morgan fingerprint density at radius 3 is 2.50 bits per heavy atom. The number of para-hydroxylation sites is 1. The Hall–Kier alpha value is -2.64. The van der Waals surface area contributed by atoms with Gasteiger partial charge in [0.25, 0.3) is 5.91 Å². The van der Waals surface area contributed by atoms with Crippen LogP contribution in [0.15, 0.2) is 66.1 Å². The van der Waals surface area contributed by atoms with Crippen molar-refractivity contribution in [2.24, 2.45) is 0 Å². The molecule has 6 nitrogen and oxygen atoms in total. The van der Waals surface area contributed by atoms with Gasteiger partial charge in [-0.3, -0.25) is 4.79 Å². The lowest BCUT2D eigenvalue weighted by molar-refractivity contribution is 0.0958. The number of carbonyl (C=O) groups excluding carboxylic acids is 1. The van der Waals surface area contributed by atoms with Crippen molar-refractivity contribution in [3.05, 3.63) is 72.3 Å². The first-order chi connectivity index (χ1) is 12.5. The Bertz CT molecular complexity index is 861. The highest BCUT2D eigenvalue weighted by Crippen LogP contribution is 2.17. The third-order valence-electron chi connectivity index (χ3n) is 3.71. The lowest BCUT2D eigenvalue weighted by Gasteiger charge is -2.10. The van der Waals surface area contributed by atoms with Crippen LogP contribution in [0.3, 0.4) is 0 Å². The number of nitrogens with one attached hydrogen (secondary N) is 2. The van der Waals surface area contributed by atoms with Gasteiger partial charge in [0.15, 0.2) is 0 Å². The first-order valence-corrected chi connectivity index (χ1v) is 9.57. The average molecular weight is 374 g/mol. The molecule has 0 heterocycles. The molecule has 7 heteroatoms. The number of hydrogen-bond acceptors (Lipinski definition) is 4. The second-order valence-electron chi connectivity index (χ2n) is 5.48. The van der Waals surface area contributed by atoms with Crippen LogP contribution in [-0.4, -0.2) is 34.5 Å². The van der Waals surface area contributed by atoms with Crippen LogP contribution in [0.1, 0.15) is 15.9 Å². The van der Waals surface area contributed by atoms with Crippen molar-refractivity contribution in [3.63, 3.8) is 0 Å². The van der Waals surface area contributed by atoms with E-state index in [0.717, 1.165) is 11.3 Å². The van der Waals surface area contributed by atoms with Crippen LogP contribution < -0.4 is 14.8 Å². The van der Waals surface area contributed by atoms with Crippen molar-refractivity contribution in [3.8, 4) is 5.75 Å². The van der Waals surface area contributed by atoms with Gasteiger partial charge in [-0.25, -0.2) is 13.1 Å². The van der Waals surface area contributed by atoms with E-state index in [9.17, 15) is 13.2 Å². The summed E-state index contributed by atoms with van der Waals surface area (Å²) in [6, 6.07) is 13.2. The quantitative estimate of drug-likeness (QED) is 0.659. The molecule has 2 aromatic carbocycles. The molecule has 2 rings (SSSR count). The molecule has 1 amide bonds. The summed E-state index contributed by atoms with van der Waals surface area (Å²) in [6.45, 7) is 4.11. The molecule has 0 unspecified atom stereocenters. The minimum absolute atomic E-state index is 0.109. The monoisotopic (exact) mass is 374 g/mol. The van der Waals surface area contributed by atoms with Gasteiger partial charge in [-0.1, -0.05) is 24.3 Å². The summed E-state index contributed by atoms with van der Waals surface area (Å²) in [5.74, 6) is 0.444. The molecule has 0 atom stereocenters. The van der Waals surface area contributed by atoms with Crippen molar-refractivity contribution >= 4 is 15.9 Å². The highest BCUT2D eigenvalue weighted by Gasteiger charge is 2.15. The fourth-order valence-electron chi connectivity index (χ4n) is 2.37. The number of hydrogen-bond donors (Lipinski definition) is 2. The summed E-state index contributed by atoms with van der Waals surface area (Å²) in [7, 11) is -2.07. The molecular formula is C19H22N2O4S. The third-order valence-corrected chi connectivity index (χ3v) is 5.19. The summed E-state index contributed by atoms with van der Waals surface area (Å²) in [5, 5.41) is 2.64. The number of rotatable bonds is 9. The summed E-state index contributed by atoms with van der Waals surface area (Å²) in [5.41, 5.74) is 1.31. The molecule has 0 aliphatic carbocycles. The standard InChI is InChI=1S/C19H22N2O4S/c1-3-13-20-19(22)16-8-10-17(11-9-16)26(23,24)21-14-12-15-6-4-5-7-18(15)25-2/h3-11,21H,1,12-14H2,2H3,(H,20,22). The lowest BCUT2D eigenvalue weighted by atomic mass is 10.1. The van der Waals surface area contributed by atoms with Crippen LogP contribution >= 0.6 is 0 Å². The van der Waals surface area contributed by atoms with Gasteiger partial charge < -0.3 is 10.1 Å². The van der Waals surface area contributed by atoms with Gasteiger partial charge in [-0.2, -0.15) is 0 Å². The molecule has 0 saturated carbocycles. The zero-order valence-corrected chi connectivity index (χ0v) is 15.4. The number of amides is 1. The van der Waals surface area contributed by atoms with Gasteiger partial charge in [0.05, 0.1) is 12.0 Å². The molecular weight excluding hydrogens is 352 g/mol. The molecule has 26 heavy (non-hydrogen) atoms. The van der Waals surface area contributed by atoms with E-state index in [1.165, 1.54) is 24.3 Å². The van der Waals surface area contributed by atoms with E-state index in [4.69, 9.17) is 4.74 Å². The summed E-state index contributed by atoms with van der Waals surface area (Å²) >= 11 is 0. The van der Waals surface area contributed by atoms with Gasteiger partial charge in [0.2, 0.25) is 10.0 Å². The van der Waals surface area contributed by atoms with Crippen LogP contribution in [0.25, 0.3) is 0 Å². The minimum Gasteiger partial charge on any atom is -0.496 e. The molecule has 2 aromatic rings. The minimum atomic E-state index is -3.65. The SMILES string of the molecule is C=CCNC(=O)c1ccc(S(=O)(=O)NCCc2ccccc2OC)cc1. The second-order valence-corrected chi connectivity index (χ2v) is 7.25.